The minimum atomic E-state index is -0.661. The molecule has 1 N–H and O–H groups in total. The largest absolute Gasteiger partial charge is 0.389 e. The van der Waals surface area contributed by atoms with Crippen LogP contribution in [0, 0.1) is 11.8 Å². The van der Waals surface area contributed by atoms with Gasteiger partial charge in [-0.1, -0.05) is 26.0 Å². The predicted octanol–water partition coefficient (Wildman–Crippen LogP) is 2.13. The highest BCUT2D eigenvalue weighted by atomic mass is 16.5. The molecule has 0 aromatic rings. The van der Waals surface area contributed by atoms with Gasteiger partial charge in [-0.3, -0.25) is 0 Å². The molecule has 2 rings (SSSR count). The lowest BCUT2D eigenvalue weighted by molar-refractivity contribution is -0.245. The van der Waals surface area contributed by atoms with Gasteiger partial charge in [0.1, 0.15) is 0 Å². The van der Waals surface area contributed by atoms with E-state index in [0.29, 0.717) is 0 Å². The van der Waals surface area contributed by atoms with Crippen molar-refractivity contribution in [3.8, 4) is 0 Å². The number of fused-ring (bicyclic) bond motifs is 2. The number of rotatable bonds is 0. The van der Waals surface area contributed by atoms with Crippen LogP contribution in [0.15, 0.2) is 12.2 Å². The van der Waals surface area contributed by atoms with Crippen molar-refractivity contribution in [3.63, 3.8) is 0 Å². The normalized spacial score (nSPS) is 61.9. The van der Waals surface area contributed by atoms with Gasteiger partial charge in [0.2, 0.25) is 0 Å². The third-order valence-electron chi connectivity index (χ3n) is 4.66. The summed E-state index contributed by atoms with van der Waals surface area (Å²) in [5.74, 6) is 0.244. The quantitative estimate of drug-likeness (QED) is 0.601. The molecule has 2 heterocycles. The fourth-order valence-corrected chi connectivity index (χ4v) is 2.87. The summed E-state index contributed by atoms with van der Waals surface area (Å²) in [6.07, 6.45) is 4.21. The predicted molar refractivity (Wildman–Crippen MR) is 56.0 cm³/mol. The molecule has 0 amide bonds. The topological polar surface area (TPSA) is 29.5 Å². The molecule has 2 aliphatic rings. The Morgan fingerprint density at radius 2 is 1.36 bits per heavy atom. The first kappa shape index (κ1) is 10.2. The van der Waals surface area contributed by atoms with E-state index >= 15 is 0 Å². The highest BCUT2D eigenvalue weighted by Gasteiger charge is 2.60. The van der Waals surface area contributed by atoms with Gasteiger partial charge in [-0.2, -0.15) is 0 Å². The molecule has 1 fully saturated rings. The van der Waals surface area contributed by atoms with E-state index in [1.54, 1.807) is 0 Å². The van der Waals surface area contributed by atoms with Gasteiger partial charge in [0.15, 0.2) is 0 Å². The van der Waals surface area contributed by atoms with Crippen LogP contribution in [-0.4, -0.2) is 21.9 Å². The first-order chi connectivity index (χ1) is 6.22. The Labute approximate surface area is 86.0 Å². The highest BCUT2D eigenvalue weighted by molar-refractivity contribution is 5.26. The van der Waals surface area contributed by atoms with Gasteiger partial charge >= 0.3 is 0 Å². The van der Waals surface area contributed by atoms with E-state index in [4.69, 9.17) is 4.74 Å². The van der Waals surface area contributed by atoms with Crippen molar-refractivity contribution < 1.29 is 9.84 Å². The Morgan fingerprint density at radius 3 is 1.71 bits per heavy atom. The van der Waals surface area contributed by atoms with E-state index in [-0.39, 0.29) is 23.0 Å². The van der Waals surface area contributed by atoms with Gasteiger partial charge in [-0.05, 0) is 20.8 Å². The summed E-state index contributed by atoms with van der Waals surface area (Å²) in [4.78, 5) is 0. The highest BCUT2D eigenvalue weighted by Crippen LogP contribution is 2.53. The van der Waals surface area contributed by atoms with E-state index in [0.717, 1.165) is 0 Å². The van der Waals surface area contributed by atoms with Crippen molar-refractivity contribution in [1.82, 2.24) is 0 Å². The molecule has 14 heavy (non-hydrogen) atoms. The number of ether oxygens (including phenoxy) is 1. The summed E-state index contributed by atoms with van der Waals surface area (Å²) < 4.78 is 6.06. The zero-order chi connectivity index (χ0) is 10.8. The third-order valence-corrected chi connectivity index (χ3v) is 4.66. The van der Waals surface area contributed by atoms with Crippen LogP contribution in [0.1, 0.15) is 34.6 Å². The SMILES string of the molecule is C[C@@H]1C2(C)C=C[C@@](C)(O2)[C@H](C)[C@]1(C)O. The number of hydrogen-bond donors (Lipinski definition) is 1. The third kappa shape index (κ3) is 0.986. The van der Waals surface area contributed by atoms with Crippen LogP contribution in [0.5, 0.6) is 0 Å². The van der Waals surface area contributed by atoms with Crippen molar-refractivity contribution in [2.75, 3.05) is 0 Å². The van der Waals surface area contributed by atoms with Crippen LogP contribution in [0.25, 0.3) is 0 Å². The zero-order valence-electron chi connectivity index (χ0n) is 9.66. The molecule has 80 valence electrons. The van der Waals surface area contributed by atoms with Crippen LogP contribution < -0.4 is 0 Å². The number of aliphatic hydroxyl groups is 1. The van der Waals surface area contributed by atoms with Crippen molar-refractivity contribution >= 4 is 0 Å². The summed E-state index contributed by atoms with van der Waals surface area (Å²) >= 11 is 0. The average molecular weight is 196 g/mol. The lowest BCUT2D eigenvalue weighted by Gasteiger charge is -2.54. The van der Waals surface area contributed by atoms with Gasteiger partial charge < -0.3 is 9.84 Å². The molecular formula is C12H20O2. The van der Waals surface area contributed by atoms with Gasteiger partial charge in [-0.15, -0.1) is 0 Å². The molecule has 1 unspecified atom stereocenters. The minimum Gasteiger partial charge on any atom is -0.389 e. The van der Waals surface area contributed by atoms with E-state index in [2.05, 4.69) is 39.8 Å². The summed E-state index contributed by atoms with van der Waals surface area (Å²) in [6, 6.07) is 0. The van der Waals surface area contributed by atoms with Crippen LogP contribution in [0.2, 0.25) is 0 Å². The molecule has 0 spiro atoms. The molecule has 0 radical (unpaired) electrons. The summed E-state index contributed by atoms with van der Waals surface area (Å²) in [7, 11) is 0. The Balaban J connectivity index is 2.49. The smallest absolute Gasteiger partial charge is 0.0900 e. The molecule has 0 aromatic heterocycles. The molecule has 5 atom stereocenters. The second kappa shape index (κ2) is 2.42. The monoisotopic (exact) mass is 196 g/mol. The molecular weight excluding hydrogens is 176 g/mol. The van der Waals surface area contributed by atoms with Gasteiger partial charge in [0.25, 0.3) is 0 Å². The molecule has 0 aromatic carbocycles. The maximum absolute atomic E-state index is 10.5. The average Bonchev–Trinajstić information content (AvgIpc) is 2.39. The Hall–Kier alpha value is -0.340. The van der Waals surface area contributed by atoms with Crippen LogP contribution in [-0.2, 0) is 4.74 Å². The standard InChI is InChI=1S/C12H20O2/c1-8-10(3)6-7-11(4,14-10)9(2)12(8,5)13/h6-9,13H,1-5H3/t8-,9+,10+,11?,12-/m0/s1. The first-order valence-electron chi connectivity index (χ1n) is 5.35. The zero-order valence-corrected chi connectivity index (χ0v) is 9.66. The fraction of sp³-hybridized carbons (Fsp3) is 0.833. The second-order valence-electron chi connectivity index (χ2n) is 5.47. The second-order valence-corrected chi connectivity index (χ2v) is 5.47. The first-order valence-corrected chi connectivity index (χ1v) is 5.35. The fourth-order valence-electron chi connectivity index (χ4n) is 2.87. The minimum absolute atomic E-state index is 0.122. The molecule has 2 aliphatic heterocycles. The molecule has 0 saturated carbocycles. The van der Waals surface area contributed by atoms with E-state index in [1.165, 1.54) is 0 Å². The summed E-state index contributed by atoms with van der Waals surface area (Å²) in [6.45, 7) is 10.2. The van der Waals surface area contributed by atoms with E-state index in [9.17, 15) is 5.11 Å². The Kier molecular flexibility index (Phi) is 1.76. The van der Waals surface area contributed by atoms with Crippen molar-refractivity contribution in [2.24, 2.45) is 11.8 Å². The Morgan fingerprint density at radius 1 is 1.00 bits per heavy atom. The van der Waals surface area contributed by atoms with Gasteiger partial charge in [-0.25, -0.2) is 0 Å². The van der Waals surface area contributed by atoms with Crippen molar-refractivity contribution in [3.05, 3.63) is 12.2 Å². The molecule has 1 saturated heterocycles. The lowest BCUT2D eigenvalue weighted by atomic mass is 9.67. The number of hydrogen-bond acceptors (Lipinski definition) is 2. The molecule has 2 heteroatoms. The molecule has 2 nitrogen and oxygen atoms in total. The van der Waals surface area contributed by atoms with E-state index in [1.807, 2.05) is 6.92 Å². The maximum atomic E-state index is 10.5. The van der Waals surface area contributed by atoms with E-state index < -0.39 is 5.60 Å². The molecule has 2 bridgehead atoms. The molecule has 0 aliphatic carbocycles. The van der Waals surface area contributed by atoms with Gasteiger partial charge in [0.05, 0.1) is 16.8 Å². The van der Waals surface area contributed by atoms with Crippen molar-refractivity contribution in [1.29, 1.82) is 0 Å². The van der Waals surface area contributed by atoms with Crippen LogP contribution in [0.4, 0.5) is 0 Å². The van der Waals surface area contributed by atoms with Crippen LogP contribution in [0.3, 0.4) is 0 Å². The lowest BCUT2D eigenvalue weighted by Crippen LogP contribution is -2.62. The summed E-state index contributed by atoms with van der Waals surface area (Å²) in [5.41, 5.74) is -1.26. The van der Waals surface area contributed by atoms with Gasteiger partial charge in [0, 0.05) is 11.8 Å². The maximum Gasteiger partial charge on any atom is 0.0900 e. The van der Waals surface area contributed by atoms with Crippen LogP contribution >= 0.6 is 0 Å². The summed E-state index contributed by atoms with van der Waals surface area (Å²) in [5, 5.41) is 10.5. The Bertz CT molecular complexity index is 269. The van der Waals surface area contributed by atoms with Crippen molar-refractivity contribution in [2.45, 2.75) is 51.4 Å².